The molecule has 2 aromatic rings. The predicted octanol–water partition coefficient (Wildman–Crippen LogP) is 3.89. The van der Waals surface area contributed by atoms with Crippen LogP contribution < -0.4 is 5.32 Å². The fourth-order valence-corrected chi connectivity index (χ4v) is 1.97. The Morgan fingerprint density at radius 1 is 1.14 bits per heavy atom. The number of carbonyl (C=O) groups excluding carboxylic acids is 1. The SMILES string of the molecule is O=C(Nc1c(Br)ccc(F)c1F)c1ccc([N+](=O)[O-])cc1. The summed E-state index contributed by atoms with van der Waals surface area (Å²) in [4.78, 5) is 21.8. The van der Waals surface area contributed by atoms with Gasteiger partial charge in [0.15, 0.2) is 11.6 Å². The van der Waals surface area contributed by atoms with Gasteiger partial charge in [-0.3, -0.25) is 14.9 Å². The van der Waals surface area contributed by atoms with Crippen LogP contribution in [0.3, 0.4) is 0 Å². The summed E-state index contributed by atoms with van der Waals surface area (Å²) in [7, 11) is 0. The third-order valence-corrected chi connectivity index (χ3v) is 3.28. The lowest BCUT2D eigenvalue weighted by atomic mass is 10.2. The van der Waals surface area contributed by atoms with Gasteiger partial charge in [-0.2, -0.15) is 0 Å². The number of hydrogen-bond acceptors (Lipinski definition) is 3. The van der Waals surface area contributed by atoms with Crippen molar-refractivity contribution in [2.24, 2.45) is 0 Å². The van der Waals surface area contributed by atoms with E-state index < -0.39 is 22.5 Å². The van der Waals surface area contributed by atoms with Crippen LogP contribution in [0, 0.1) is 21.7 Å². The molecule has 0 spiro atoms. The molecule has 108 valence electrons. The molecule has 0 heterocycles. The third kappa shape index (κ3) is 3.22. The molecule has 0 unspecified atom stereocenters. The monoisotopic (exact) mass is 356 g/mol. The van der Waals surface area contributed by atoms with E-state index in [1.54, 1.807) is 0 Å². The molecule has 0 saturated carbocycles. The standard InChI is InChI=1S/C13H7BrF2N2O3/c14-9-5-6-10(15)11(16)12(9)17-13(19)7-1-3-8(4-2-7)18(20)21/h1-6H,(H,17,19). The van der Waals surface area contributed by atoms with Gasteiger partial charge in [0, 0.05) is 22.2 Å². The Balaban J connectivity index is 2.26. The second kappa shape index (κ2) is 5.96. The van der Waals surface area contributed by atoms with E-state index in [1.165, 1.54) is 18.2 Å². The highest BCUT2D eigenvalue weighted by Gasteiger charge is 2.16. The number of carbonyl (C=O) groups is 1. The van der Waals surface area contributed by atoms with Crippen molar-refractivity contribution in [1.29, 1.82) is 0 Å². The van der Waals surface area contributed by atoms with Gasteiger partial charge in [0.2, 0.25) is 0 Å². The number of nitrogens with zero attached hydrogens (tertiary/aromatic N) is 1. The highest BCUT2D eigenvalue weighted by molar-refractivity contribution is 9.10. The normalized spacial score (nSPS) is 10.2. The molecule has 0 radical (unpaired) electrons. The van der Waals surface area contributed by atoms with Crippen molar-refractivity contribution in [2.75, 3.05) is 5.32 Å². The van der Waals surface area contributed by atoms with Gasteiger partial charge in [-0.05, 0) is 40.2 Å². The summed E-state index contributed by atoms with van der Waals surface area (Å²) in [5, 5.41) is 12.7. The molecule has 0 aliphatic carbocycles. The number of nitrogens with one attached hydrogen (secondary N) is 1. The molecule has 8 heteroatoms. The van der Waals surface area contributed by atoms with Crippen LogP contribution in [0.4, 0.5) is 20.2 Å². The lowest BCUT2D eigenvalue weighted by Gasteiger charge is -2.09. The topological polar surface area (TPSA) is 72.2 Å². The quantitative estimate of drug-likeness (QED) is 0.515. The van der Waals surface area contributed by atoms with Crippen LogP contribution >= 0.6 is 15.9 Å². The minimum atomic E-state index is -1.19. The van der Waals surface area contributed by atoms with Crippen molar-refractivity contribution < 1.29 is 18.5 Å². The third-order valence-electron chi connectivity index (χ3n) is 2.62. The maximum absolute atomic E-state index is 13.6. The van der Waals surface area contributed by atoms with Gasteiger partial charge in [0.25, 0.3) is 11.6 Å². The molecular weight excluding hydrogens is 350 g/mol. The van der Waals surface area contributed by atoms with Crippen LogP contribution in [0.2, 0.25) is 0 Å². The van der Waals surface area contributed by atoms with Crippen LogP contribution in [0.5, 0.6) is 0 Å². The summed E-state index contributed by atoms with van der Waals surface area (Å²) >= 11 is 3.00. The second-order valence-electron chi connectivity index (χ2n) is 3.98. The Hall–Kier alpha value is -2.35. The molecule has 2 aromatic carbocycles. The highest BCUT2D eigenvalue weighted by Crippen LogP contribution is 2.28. The number of benzene rings is 2. The van der Waals surface area contributed by atoms with Crippen LogP contribution in [0.25, 0.3) is 0 Å². The molecule has 2 rings (SSSR count). The van der Waals surface area contributed by atoms with Crippen molar-refractivity contribution in [3.8, 4) is 0 Å². The van der Waals surface area contributed by atoms with E-state index >= 15 is 0 Å². The highest BCUT2D eigenvalue weighted by atomic mass is 79.9. The number of non-ortho nitro benzene ring substituents is 1. The Kier molecular flexibility index (Phi) is 4.27. The van der Waals surface area contributed by atoms with E-state index in [2.05, 4.69) is 21.2 Å². The van der Waals surface area contributed by atoms with Crippen LogP contribution in [-0.4, -0.2) is 10.8 Å². The molecule has 0 atom stereocenters. The first-order valence-electron chi connectivity index (χ1n) is 5.59. The smallest absolute Gasteiger partial charge is 0.269 e. The molecule has 0 saturated heterocycles. The average Bonchev–Trinajstić information content (AvgIpc) is 2.47. The minimum Gasteiger partial charge on any atom is -0.318 e. The molecular formula is C13H7BrF2N2O3. The summed E-state index contributed by atoms with van der Waals surface area (Å²) in [5.74, 6) is -3.01. The van der Waals surface area contributed by atoms with Crippen molar-refractivity contribution in [1.82, 2.24) is 0 Å². The van der Waals surface area contributed by atoms with Gasteiger partial charge in [-0.15, -0.1) is 0 Å². The first-order valence-corrected chi connectivity index (χ1v) is 6.38. The minimum absolute atomic E-state index is 0.0798. The second-order valence-corrected chi connectivity index (χ2v) is 4.83. The fourth-order valence-electron chi connectivity index (χ4n) is 1.56. The number of halogens is 3. The van der Waals surface area contributed by atoms with E-state index in [-0.39, 0.29) is 21.4 Å². The molecule has 0 bridgehead atoms. The largest absolute Gasteiger partial charge is 0.318 e. The zero-order valence-electron chi connectivity index (χ0n) is 10.3. The van der Waals surface area contributed by atoms with Gasteiger partial charge in [-0.25, -0.2) is 8.78 Å². The zero-order chi connectivity index (χ0) is 15.6. The number of nitro benzene ring substituents is 1. The molecule has 0 aliphatic rings. The van der Waals surface area contributed by atoms with Gasteiger partial charge in [0.05, 0.1) is 10.6 Å². The van der Waals surface area contributed by atoms with Crippen LogP contribution in [0.1, 0.15) is 10.4 Å². The van der Waals surface area contributed by atoms with Crippen LogP contribution in [-0.2, 0) is 0 Å². The molecule has 0 aromatic heterocycles. The lowest BCUT2D eigenvalue weighted by molar-refractivity contribution is -0.384. The lowest BCUT2D eigenvalue weighted by Crippen LogP contribution is -2.14. The summed E-state index contributed by atoms with van der Waals surface area (Å²) in [6.45, 7) is 0. The molecule has 0 aliphatic heterocycles. The Morgan fingerprint density at radius 2 is 1.76 bits per heavy atom. The summed E-state index contributed by atoms with van der Waals surface area (Å²) in [6, 6.07) is 6.90. The van der Waals surface area contributed by atoms with Crippen molar-refractivity contribution >= 4 is 33.2 Å². The van der Waals surface area contributed by atoms with Crippen molar-refractivity contribution in [3.05, 3.63) is 68.2 Å². The summed E-state index contributed by atoms with van der Waals surface area (Å²) in [6.07, 6.45) is 0. The molecule has 1 amide bonds. The van der Waals surface area contributed by atoms with E-state index in [9.17, 15) is 23.7 Å². The number of anilines is 1. The summed E-state index contributed by atoms with van der Waals surface area (Å²) in [5.41, 5.74) is -0.431. The van der Waals surface area contributed by atoms with Gasteiger partial charge < -0.3 is 5.32 Å². The maximum Gasteiger partial charge on any atom is 0.269 e. The Labute approximate surface area is 125 Å². The van der Waals surface area contributed by atoms with Gasteiger partial charge in [0.1, 0.15) is 0 Å². The number of rotatable bonds is 3. The molecule has 1 N–H and O–H groups in total. The van der Waals surface area contributed by atoms with E-state index in [0.717, 1.165) is 18.2 Å². The molecule has 5 nitrogen and oxygen atoms in total. The molecule has 21 heavy (non-hydrogen) atoms. The van der Waals surface area contributed by atoms with Crippen molar-refractivity contribution in [3.63, 3.8) is 0 Å². The first kappa shape index (κ1) is 15.0. The number of nitro groups is 1. The maximum atomic E-state index is 13.6. The van der Waals surface area contributed by atoms with E-state index in [1.807, 2.05) is 0 Å². The first-order chi connectivity index (χ1) is 9.90. The predicted molar refractivity (Wildman–Crippen MR) is 75.1 cm³/mol. The number of hydrogen-bond donors (Lipinski definition) is 1. The number of amides is 1. The van der Waals surface area contributed by atoms with Crippen molar-refractivity contribution in [2.45, 2.75) is 0 Å². The van der Waals surface area contributed by atoms with E-state index in [4.69, 9.17) is 0 Å². The Bertz CT molecular complexity index is 720. The Morgan fingerprint density at radius 3 is 2.33 bits per heavy atom. The average molecular weight is 357 g/mol. The van der Waals surface area contributed by atoms with E-state index in [0.29, 0.717) is 0 Å². The van der Waals surface area contributed by atoms with Gasteiger partial charge in [-0.1, -0.05) is 0 Å². The van der Waals surface area contributed by atoms with Gasteiger partial charge >= 0.3 is 0 Å². The molecule has 0 fully saturated rings. The van der Waals surface area contributed by atoms with Crippen LogP contribution in [0.15, 0.2) is 40.9 Å². The fraction of sp³-hybridized carbons (Fsp3) is 0. The summed E-state index contributed by atoms with van der Waals surface area (Å²) < 4.78 is 26.9. The zero-order valence-corrected chi connectivity index (χ0v) is 11.9.